The van der Waals surface area contributed by atoms with Gasteiger partial charge in [0.05, 0.1) is 25.3 Å². The van der Waals surface area contributed by atoms with Crippen LogP contribution in [0.3, 0.4) is 0 Å². The van der Waals surface area contributed by atoms with Crippen LogP contribution in [0, 0.1) is 0 Å². The van der Waals surface area contributed by atoms with E-state index in [1.54, 1.807) is 24.5 Å². The van der Waals surface area contributed by atoms with Crippen molar-refractivity contribution in [1.29, 1.82) is 0 Å². The number of phenolic OH excluding ortho intramolecular Hbond substituents is 1. The van der Waals surface area contributed by atoms with Crippen molar-refractivity contribution in [2.75, 3.05) is 26.1 Å². The normalized spacial score (nSPS) is 11.0. The number of nitrogens with one attached hydrogen (secondary N) is 1. The van der Waals surface area contributed by atoms with E-state index >= 15 is 0 Å². The molecule has 32 heavy (non-hydrogen) atoms. The molecule has 2 aromatic heterocycles. The van der Waals surface area contributed by atoms with E-state index in [9.17, 15) is 5.11 Å². The summed E-state index contributed by atoms with van der Waals surface area (Å²) in [7, 11) is 3.02. The molecular weight excluding hydrogens is 406 g/mol. The summed E-state index contributed by atoms with van der Waals surface area (Å²) < 4.78 is 12.7. The Morgan fingerprint density at radius 3 is 2.56 bits per heavy atom. The van der Waals surface area contributed by atoms with Crippen LogP contribution in [-0.2, 0) is 13.0 Å². The topological polar surface area (TPSA) is 107 Å². The molecule has 0 amide bonds. The fourth-order valence-corrected chi connectivity index (χ4v) is 3.73. The van der Waals surface area contributed by atoms with Crippen molar-refractivity contribution in [2.24, 2.45) is 5.73 Å². The molecule has 4 N–H and O–H groups in total. The number of aryl methyl sites for hydroxylation is 1. The van der Waals surface area contributed by atoms with Crippen LogP contribution in [0.15, 0.2) is 54.9 Å². The maximum Gasteiger partial charge on any atom is 0.208 e. The van der Waals surface area contributed by atoms with Gasteiger partial charge in [-0.2, -0.15) is 0 Å². The molecule has 0 bridgehead atoms. The first-order valence-corrected chi connectivity index (χ1v) is 10.4. The zero-order valence-corrected chi connectivity index (χ0v) is 18.2. The van der Waals surface area contributed by atoms with Gasteiger partial charge in [0.1, 0.15) is 0 Å². The second-order valence-electron chi connectivity index (χ2n) is 7.44. The molecule has 0 fully saturated rings. The van der Waals surface area contributed by atoms with Crippen molar-refractivity contribution in [3.05, 3.63) is 66.0 Å². The largest absolute Gasteiger partial charge is 0.504 e. The summed E-state index contributed by atoms with van der Waals surface area (Å²) in [6.45, 7) is 1.29. The molecule has 0 saturated heterocycles. The van der Waals surface area contributed by atoms with Crippen LogP contribution in [0.2, 0.25) is 0 Å². The molecule has 166 valence electrons. The molecule has 0 spiro atoms. The lowest BCUT2D eigenvalue weighted by molar-refractivity contribution is 0.333. The average molecular weight is 434 g/mol. The maximum absolute atomic E-state index is 10.3. The van der Waals surface area contributed by atoms with E-state index in [0.717, 1.165) is 23.9 Å². The van der Waals surface area contributed by atoms with Crippen LogP contribution < -0.4 is 20.5 Å². The van der Waals surface area contributed by atoms with E-state index < -0.39 is 0 Å². The van der Waals surface area contributed by atoms with Gasteiger partial charge in [-0.25, -0.2) is 4.98 Å². The van der Waals surface area contributed by atoms with Crippen LogP contribution in [0.4, 0.5) is 11.6 Å². The smallest absolute Gasteiger partial charge is 0.208 e. The van der Waals surface area contributed by atoms with Crippen molar-refractivity contribution in [2.45, 2.75) is 19.4 Å². The predicted octanol–water partition coefficient (Wildman–Crippen LogP) is 3.84. The lowest BCUT2D eigenvalue weighted by atomic mass is 10.1. The van der Waals surface area contributed by atoms with Gasteiger partial charge in [-0.15, -0.1) is 0 Å². The summed E-state index contributed by atoms with van der Waals surface area (Å²) in [5.74, 6) is 1.37. The van der Waals surface area contributed by atoms with Crippen molar-refractivity contribution in [3.63, 3.8) is 0 Å². The highest BCUT2D eigenvalue weighted by atomic mass is 16.5. The first kappa shape index (κ1) is 21.5. The minimum absolute atomic E-state index is 0.0152. The minimum Gasteiger partial charge on any atom is -0.504 e. The number of ether oxygens (including phenoxy) is 2. The molecule has 0 unspecified atom stereocenters. The van der Waals surface area contributed by atoms with Crippen LogP contribution in [-0.4, -0.2) is 40.4 Å². The number of pyridine rings is 1. The molecule has 0 saturated carbocycles. The van der Waals surface area contributed by atoms with Gasteiger partial charge in [-0.05, 0) is 54.8 Å². The van der Waals surface area contributed by atoms with Gasteiger partial charge in [0, 0.05) is 36.8 Å². The van der Waals surface area contributed by atoms with Crippen LogP contribution >= 0.6 is 0 Å². The van der Waals surface area contributed by atoms with E-state index in [0.29, 0.717) is 30.5 Å². The number of imidazole rings is 1. The Bertz CT molecular complexity index is 1210. The van der Waals surface area contributed by atoms with E-state index in [2.05, 4.69) is 27.0 Å². The zero-order valence-electron chi connectivity index (χ0n) is 18.2. The molecule has 0 radical (unpaired) electrons. The molecule has 4 rings (SSSR count). The van der Waals surface area contributed by atoms with E-state index in [4.69, 9.17) is 20.2 Å². The summed E-state index contributed by atoms with van der Waals surface area (Å²) in [4.78, 5) is 8.87. The summed E-state index contributed by atoms with van der Waals surface area (Å²) in [5.41, 5.74) is 10.7. The van der Waals surface area contributed by atoms with E-state index in [1.165, 1.54) is 25.3 Å². The molecule has 8 heteroatoms. The highest BCUT2D eigenvalue weighted by Crippen LogP contribution is 2.40. The third-order valence-corrected chi connectivity index (χ3v) is 5.27. The number of nitrogens with zero attached hydrogens (tertiary/aromatic N) is 3. The minimum atomic E-state index is -0.0152. The standard InChI is InChI=1S/C24H27N5O3/c1-31-22-15-18(14-21(30)23(22)32-2)27-24-28-19-5-4-17(12-16-6-9-26-10-7-16)13-20(19)29(24)11-3-8-25/h4-7,9-10,13-15,30H,3,8,11-12,25H2,1-2H3,(H,27,28). The second-order valence-corrected chi connectivity index (χ2v) is 7.44. The molecule has 0 atom stereocenters. The molecule has 0 aliphatic rings. The van der Waals surface area contributed by atoms with Gasteiger partial charge in [0.15, 0.2) is 11.5 Å². The lowest BCUT2D eigenvalue weighted by Gasteiger charge is -2.14. The number of hydrogen-bond acceptors (Lipinski definition) is 7. The molecular formula is C24H27N5O3. The number of benzene rings is 2. The molecule has 2 heterocycles. The van der Waals surface area contributed by atoms with Gasteiger partial charge in [0.2, 0.25) is 11.7 Å². The molecule has 8 nitrogen and oxygen atoms in total. The Kier molecular flexibility index (Phi) is 6.42. The number of fused-ring (bicyclic) bond motifs is 1. The number of rotatable bonds is 9. The monoisotopic (exact) mass is 433 g/mol. The van der Waals surface area contributed by atoms with Gasteiger partial charge < -0.3 is 30.2 Å². The Morgan fingerprint density at radius 1 is 1.03 bits per heavy atom. The number of anilines is 2. The zero-order chi connectivity index (χ0) is 22.5. The van der Waals surface area contributed by atoms with E-state index in [-0.39, 0.29) is 11.5 Å². The Balaban J connectivity index is 1.71. The molecule has 0 aliphatic carbocycles. The fraction of sp³-hybridized carbons (Fsp3) is 0.250. The van der Waals surface area contributed by atoms with Crippen molar-refractivity contribution < 1.29 is 14.6 Å². The highest BCUT2D eigenvalue weighted by Gasteiger charge is 2.15. The predicted molar refractivity (Wildman–Crippen MR) is 125 cm³/mol. The first-order valence-electron chi connectivity index (χ1n) is 10.4. The Morgan fingerprint density at radius 2 is 1.84 bits per heavy atom. The SMILES string of the molecule is COc1cc(Nc2nc3ccc(Cc4ccncc4)cc3n2CCCN)cc(O)c1OC. The van der Waals surface area contributed by atoms with Crippen LogP contribution in [0.1, 0.15) is 17.5 Å². The van der Waals surface area contributed by atoms with Gasteiger partial charge in [0.25, 0.3) is 0 Å². The van der Waals surface area contributed by atoms with Crippen molar-refractivity contribution in [3.8, 4) is 17.2 Å². The third kappa shape index (κ3) is 4.45. The summed E-state index contributed by atoms with van der Waals surface area (Å²) in [5, 5.41) is 13.6. The van der Waals surface area contributed by atoms with E-state index in [1.807, 2.05) is 18.2 Å². The average Bonchev–Trinajstić information content (AvgIpc) is 3.14. The van der Waals surface area contributed by atoms with Gasteiger partial charge in [-0.3, -0.25) is 4.98 Å². The first-order chi connectivity index (χ1) is 15.6. The number of methoxy groups -OCH3 is 2. The quantitative estimate of drug-likeness (QED) is 0.368. The van der Waals surface area contributed by atoms with Crippen LogP contribution in [0.5, 0.6) is 17.2 Å². The highest BCUT2D eigenvalue weighted by molar-refractivity contribution is 5.81. The van der Waals surface area contributed by atoms with Gasteiger partial charge >= 0.3 is 0 Å². The van der Waals surface area contributed by atoms with Crippen molar-refractivity contribution >= 4 is 22.7 Å². The van der Waals surface area contributed by atoms with Crippen LogP contribution in [0.25, 0.3) is 11.0 Å². The summed E-state index contributed by atoms with van der Waals surface area (Å²) in [6.07, 6.45) is 5.23. The number of aromatic hydroxyl groups is 1. The number of phenols is 1. The molecule has 4 aromatic rings. The van der Waals surface area contributed by atoms with Crippen molar-refractivity contribution in [1.82, 2.24) is 14.5 Å². The number of aromatic nitrogens is 3. The molecule has 2 aromatic carbocycles. The molecule has 0 aliphatic heterocycles. The fourth-order valence-electron chi connectivity index (χ4n) is 3.73. The summed E-state index contributed by atoms with van der Waals surface area (Å²) in [6, 6.07) is 13.7. The Labute approximate surface area is 186 Å². The second kappa shape index (κ2) is 9.57. The van der Waals surface area contributed by atoms with Gasteiger partial charge in [-0.1, -0.05) is 6.07 Å². The third-order valence-electron chi connectivity index (χ3n) is 5.27. The lowest BCUT2D eigenvalue weighted by Crippen LogP contribution is -2.09. The number of hydrogen-bond donors (Lipinski definition) is 3. The Hall–Kier alpha value is -3.78. The maximum atomic E-state index is 10.3. The summed E-state index contributed by atoms with van der Waals surface area (Å²) >= 11 is 0. The number of nitrogens with two attached hydrogens (primary N) is 1.